The van der Waals surface area contributed by atoms with Crippen molar-refractivity contribution >= 4 is 12.1 Å². The van der Waals surface area contributed by atoms with E-state index in [4.69, 9.17) is 4.42 Å². The lowest BCUT2D eigenvalue weighted by atomic mass is 10.1. The molecule has 26 heavy (non-hydrogen) atoms. The number of H-pyrrole nitrogens is 1. The predicted octanol–water partition coefficient (Wildman–Crippen LogP) is 2.81. The van der Waals surface area contributed by atoms with E-state index >= 15 is 0 Å². The lowest BCUT2D eigenvalue weighted by Crippen LogP contribution is -2.21. The number of benzene rings is 1. The van der Waals surface area contributed by atoms with Gasteiger partial charge in [-0.2, -0.15) is 13.9 Å². The molecule has 0 unspecified atom stereocenters. The molecule has 1 aromatic carbocycles. The third-order valence-corrected chi connectivity index (χ3v) is 3.39. The summed E-state index contributed by atoms with van der Waals surface area (Å²) >= 11 is 0. The van der Waals surface area contributed by atoms with Gasteiger partial charge in [-0.25, -0.2) is 9.99 Å². The molecular weight excluding hydrogens is 346 g/mol. The number of carbonyl (C=O) groups excluding carboxylic acids is 1. The van der Waals surface area contributed by atoms with Crippen LogP contribution in [0.2, 0.25) is 0 Å². The van der Waals surface area contributed by atoms with Gasteiger partial charge >= 0.3 is 6.43 Å². The Morgan fingerprint density at radius 1 is 1.31 bits per heavy atom. The van der Waals surface area contributed by atoms with E-state index in [0.717, 1.165) is 0 Å². The Labute approximate surface area is 146 Å². The van der Waals surface area contributed by atoms with Crippen molar-refractivity contribution < 1.29 is 18.0 Å². The number of rotatable bonds is 5. The summed E-state index contributed by atoms with van der Waals surface area (Å²) in [6, 6.07) is 6.63. The minimum absolute atomic E-state index is 0.00528. The van der Waals surface area contributed by atoms with Crippen LogP contribution in [0.15, 0.2) is 40.0 Å². The van der Waals surface area contributed by atoms with Gasteiger partial charge in [-0.3, -0.25) is 4.79 Å². The van der Waals surface area contributed by atoms with Gasteiger partial charge in [0.25, 0.3) is 11.8 Å². The molecule has 10 heteroatoms. The van der Waals surface area contributed by atoms with Gasteiger partial charge in [-0.15, -0.1) is 10.2 Å². The number of halogens is 2. The number of aryl methyl sites for hydroxylation is 1. The van der Waals surface area contributed by atoms with E-state index in [1.807, 2.05) is 0 Å². The number of alkyl halides is 2. The first-order valence-corrected chi connectivity index (χ1v) is 7.49. The third-order valence-electron chi connectivity index (χ3n) is 3.39. The molecule has 2 aromatic heterocycles. The summed E-state index contributed by atoms with van der Waals surface area (Å²) in [4.78, 5) is 18.9. The van der Waals surface area contributed by atoms with Gasteiger partial charge in [-0.1, -0.05) is 12.1 Å². The van der Waals surface area contributed by atoms with Crippen molar-refractivity contribution in [1.82, 2.24) is 25.2 Å². The lowest BCUT2D eigenvalue weighted by Gasteiger charge is -2.08. The number of aromatic amines is 1. The molecule has 0 aliphatic heterocycles. The number of nitrogens with one attached hydrogen (secondary N) is 1. The average molecular weight is 360 g/mol. The van der Waals surface area contributed by atoms with Crippen molar-refractivity contribution in [3.63, 3.8) is 0 Å². The SMILES string of the molecule is Cc1ncc(C(=O)N(C)/N=C/c2ccc(-c3nnc(C(F)F)o3)cc2)[nH]1. The normalized spacial score (nSPS) is 11.4. The molecule has 0 bridgehead atoms. The first-order chi connectivity index (χ1) is 12.4. The Hall–Kier alpha value is -3.43. The van der Waals surface area contributed by atoms with Gasteiger partial charge in [0.1, 0.15) is 11.5 Å². The second-order valence-electron chi connectivity index (χ2n) is 5.32. The lowest BCUT2D eigenvalue weighted by molar-refractivity contribution is 0.0795. The number of nitrogens with zero attached hydrogens (tertiary/aromatic N) is 5. The molecule has 0 saturated heterocycles. The summed E-state index contributed by atoms with van der Waals surface area (Å²) in [5.74, 6) is -0.410. The van der Waals surface area contributed by atoms with Crippen LogP contribution in [0.1, 0.15) is 34.2 Å². The Bertz CT molecular complexity index is 932. The van der Waals surface area contributed by atoms with Crippen molar-refractivity contribution in [2.24, 2.45) is 5.10 Å². The van der Waals surface area contributed by atoms with Gasteiger partial charge < -0.3 is 9.40 Å². The highest BCUT2D eigenvalue weighted by atomic mass is 19.3. The molecule has 0 saturated carbocycles. The van der Waals surface area contributed by atoms with Crippen molar-refractivity contribution in [1.29, 1.82) is 0 Å². The van der Waals surface area contributed by atoms with E-state index < -0.39 is 12.3 Å². The van der Waals surface area contributed by atoms with Crippen LogP contribution < -0.4 is 0 Å². The van der Waals surface area contributed by atoms with Gasteiger partial charge in [0, 0.05) is 12.6 Å². The van der Waals surface area contributed by atoms with Crippen LogP contribution in [0.4, 0.5) is 8.78 Å². The number of hydrogen-bond donors (Lipinski definition) is 1. The Morgan fingerprint density at radius 2 is 2.04 bits per heavy atom. The van der Waals surface area contributed by atoms with E-state index in [0.29, 0.717) is 22.6 Å². The van der Waals surface area contributed by atoms with E-state index in [2.05, 4.69) is 25.3 Å². The zero-order valence-corrected chi connectivity index (χ0v) is 13.8. The number of carbonyl (C=O) groups is 1. The average Bonchev–Trinajstić information content (AvgIpc) is 3.29. The quantitative estimate of drug-likeness (QED) is 0.557. The fraction of sp³-hybridized carbons (Fsp3) is 0.188. The van der Waals surface area contributed by atoms with E-state index in [1.165, 1.54) is 24.5 Å². The molecule has 0 aliphatic rings. The maximum Gasteiger partial charge on any atom is 0.314 e. The van der Waals surface area contributed by atoms with Crippen molar-refractivity contribution in [2.45, 2.75) is 13.3 Å². The Balaban J connectivity index is 1.68. The maximum atomic E-state index is 12.5. The van der Waals surface area contributed by atoms with E-state index in [-0.39, 0.29) is 11.8 Å². The molecule has 1 amide bonds. The Kier molecular flexibility index (Phi) is 4.83. The highest BCUT2D eigenvalue weighted by Gasteiger charge is 2.17. The maximum absolute atomic E-state index is 12.5. The number of aromatic nitrogens is 4. The fourth-order valence-electron chi connectivity index (χ4n) is 2.06. The molecule has 3 aromatic rings. The van der Waals surface area contributed by atoms with E-state index in [9.17, 15) is 13.6 Å². The third kappa shape index (κ3) is 3.79. The summed E-state index contributed by atoms with van der Waals surface area (Å²) in [6.07, 6.45) is 0.120. The second-order valence-corrected chi connectivity index (χ2v) is 5.32. The van der Waals surface area contributed by atoms with Gasteiger partial charge in [0.05, 0.1) is 12.4 Å². The van der Waals surface area contributed by atoms with Crippen LogP contribution in [0.25, 0.3) is 11.5 Å². The van der Waals surface area contributed by atoms with Crippen LogP contribution in [0.3, 0.4) is 0 Å². The molecule has 134 valence electrons. The van der Waals surface area contributed by atoms with E-state index in [1.54, 1.807) is 31.2 Å². The highest BCUT2D eigenvalue weighted by molar-refractivity contribution is 5.92. The minimum atomic E-state index is -2.81. The summed E-state index contributed by atoms with van der Waals surface area (Å²) in [5, 5.41) is 12.1. The molecule has 0 fully saturated rings. The van der Waals surface area contributed by atoms with Gasteiger partial charge in [0.15, 0.2) is 0 Å². The van der Waals surface area contributed by atoms with Crippen LogP contribution >= 0.6 is 0 Å². The smallest absolute Gasteiger partial charge is 0.314 e. The fourth-order valence-corrected chi connectivity index (χ4v) is 2.06. The van der Waals surface area contributed by atoms with Crippen LogP contribution in [-0.2, 0) is 0 Å². The molecule has 3 rings (SSSR count). The highest BCUT2D eigenvalue weighted by Crippen LogP contribution is 2.23. The zero-order chi connectivity index (χ0) is 18.7. The molecule has 0 radical (unpaired) electrons. The molecule has 0 spiro atoms. The first-order valence-electron chi connectivity index (χ1n) is 7.49. The first kappa shape index (κ1) is 17.4. The summed E-state index contributed by atoms with van der Waals surface area (Å²) < 4.78 is 29.8. The molecular formula is C16H14F2N6O2. The number of amides is 1. The Morgan fingerprint density at radius 3 is 2.62 bits per heavy atom. The monoisotopic (exact) mass is 360 g/mol. The predicted molar refractivity (Wildman–Crippen MR) is 87.7 cm³/mol. The van der Waals surface area contributed by atoms with Crippen molar-refractivity contribution in [2.75, 3.05) is 7.05 Å². The summed E-state index contributed by atoms with van der Waals surface area (Å²) in [5.41, 5.74) is 1.53. The number of hydrogen-bond acceptors (Lipinski definition) is 6. The largest absolute Gasteiger partial charge is 0.415 e. The van der Waals surface area contributed by atoms with Crippen LogP contribution in [0, 0.1) is 6.92 Å². The summed E-state index contributed by atoms with van der Waals surface area (Å²) in [6.45, 7) is 1.75. The van der Waals surface area contributed by atoms with Crippen molar-refractivity contribution in [3.05, 3.63) is 53.4 Å². The molecule has 2 heterocycles. The van der Waals surface area contributed by atoms with Gasteiger partial charge in [0.2, 0.25) is 5.89 Å². The second kappa shape index (κ2) is 7.21. The molecule has 0 aliphatic carbocycles. The molecule has 1 N–H and O–H groups in total. The van der Waals surface area contributed by atoms with Crippen LogP contribution in [0.5, 0.6) is 0 Å². The molecule has 0 atom stereocenters. The van der Waals surface area contributed by atoms with Crippen molar-refractivity contribution in [3.8, 4) is 11.5 Å². The number of hydrazone groups is 1. The van der Waals surface area contributed by atoms with Crippen LogP contribution in [-0.4, -0.2) is 44.3 Å². The standard InChI is InChI=1S/C16H14F2N6O2/c1-9-19-8-12(21-9)16(25)24(2)20-7-10-3-5-11(6-4-10)14-22-23-15(26-14)13(17)18/h3-8,13H,1-2H3,(H,19,21)/b20-7+. The minimum Gasteiger partial charge on any atom is -0.415 e. The number of imidazole rings is 1. The zero-order valence-electron chi connectivity index (χ0n) is 13.8. The topological polar surface area (TPSA) is 100 Å². The molecule has 8 nitrogen and oxygen atoms in total. The van der Waals surface area contributed by atoms with Gasteiger partial charge in [-0.05, 0) is 24.6 Å². The summed E-state index contributed by atoms with van der Waals surface area (Å²) in [7, 11) is 1.52.